The topological polar surface area (TPSA) is 153 Å². The Morgan fingerprint density at radius 2 is 0.900 bits per heavy atom. The third-order valence-electron chi connectivity index (χ3n) is 0. The number of quaternary nitrogens is 2. The van der Waals surface area contributed by atoms with Crippen LogP contribution < -0.4 is 18.7 Å². The van der Waals surface area contributed by atoms with Gasteiger partial charge >= 0.3 is 62.9 Å². The molecular weight excluding hydrogens is 312 g/mol. The number of halogens is 2. The van der Waals surface area contributed by atoms with Crippen LogP contribution in [0.4, 0.5) is 5.25 Å². The van der Waals surface area contributed by atoms with Crippen LogP contribution in [0.5, 0.6) is 0 Å². The summed E-state index contributed by atoms with van der Waals surface area (Å²) in [5.41, 5.74) is 0. The molecule has 0 aliphatic rings. The van der Waals surface area contributed by atoms with Crippen molar-refractivity contribution < 1.29 is 62.9 Å². The first-order valence-corrected chi connectivity index (χ1v) is 7.07. The molecule has 0 unspecified atom stereocenters. The molecule has 6 nitrogen and oxygen atoms in total. The molecule has 0 spiro atoms. The minimum atomic E-state index is -4.54. The summed E-state index contributed by atoms with van der Waals surface area (Å²) < 4.78 is 54.2. The van der Waals surface area contributed by atoms with Gasteiger partial charge in [-0.3, -0.25) is 0 Å². The Hall–Kier alpha value is 1.07. The second-order valence-corrected chi connectivity index (χ2v) is 2.81. The van der Waals surface area contributed by atoms with Gasteiger partial charge in [-0.25, -0.2) is 0 Å². The molecule has 0 aliphatic carbocycles. The van der Waals surface area contributed by atoms with E-state index >= 15 is 0 Å². The van der Waals surface area contributed by atoms with Crippen molar-refractivity contribution in [3.05, 3.63) is 0 Å². The molecular formula is H8F2N2O4Zr2. The van der Waals surface area contributed by atoms with Crippen LogP contribution in [0.2, 0.25) is 0 Å². The van der Waals surface area contributed by atoms with Crippen molar-refractivity contribution in [2.75, 3.05) is 0 Å². The summed E-state index contributed by atoms with van der Waals surface area (Å²) in [5, 5.41) is 0. The summed E-state index contributed by atoms with van der Waals surface area (Å²) in [5.74, 6) is 0. The van der Waals surface area contributed by atoms with Crippen LogP contribution in [0.3, 0.4) is 0 Å². The van der Waals surface area contributed by atoms with E-state index in [-0.39, 0.29) is 12.3 Å². The summed E-state index contributed by atoms with van der Waals surface area (Å²) in [6.45, 7) is 0. The minimum absolute atomic E-state index is 0. The summed E-state index contributed by atoms with van der Waals surface area (Å²) in [7, 11) is 0. The molecule has 0 fully saturated rings. The van der Waals surface area contributed by atoms with Crippen LogP contribution in [-0.4, -0.2) is 0 Å². The van der Waals surface area contributed by atoms with Crippen molar-refractivity contribution in [2.45, 2.75) is 0 Å². The standard InChI is InChI=1S/2FH.2H3N.4O.2Zr/h2*1H;2*1H3;;;;;;/q;;;;;;2*-1;2*+1. The summed E-state index contributed by atoms with van der Waals surface area (Å²) in [4.78, 5) is 0. The molecule has 0 aromatic heterocycles. The first kappa shape index (κ1) is 22.5. The molecule has 10 heteroatoms. The number of hydrogen-bond acceptors (Lipinski definition) is 4. The van der Waals surface area contributed by atoms with E-state index in [4.69, 9.17) is 12.0 Å². The summed E-state index contributed by atoms with van der Waals surface area (Å²) in [6.07, 6.45) is 0. The fourth-order valence-corrected chi connectivity index (χ4v) is 0. The van der Waals surface area contributed by atoms with Crippen LogP contribution in [0, 0.1) is 0 Å². The Balaban J connectivity index is -0.0000000300. The molecule has 0 aliphatic heterocycles. The van der Waals surface area contributed by atoms with Crippen LogP contribution >= 0.6 is 0 Å². The van der Waals surface area contributed by atoms with Gasteiger partial charge in [0.15, 0.2) is 0 Å². The van der Waals surface area contributed by atoms with Gasteiger partial charge < -0.3 is 12.3 Å². The molecule has 0 heterocycles. The van der Waals surface area contributed by atoms with Gasteiger partial charge in [-0.05, 0) is 0 Å². The van der Waals surface area contributed by atoms with E-state index in [1.54, 1.807) is 0 Å². The quantitative estimate of drug-likeness (QED) is 0.585. The average molecular weight is 321 g/mol. The predicted octanol–water partition coefficient (Wildman–Crippen LogP) is -1.03. The Bertz CT molecular complexity index is 77.3. The zero-order chi connectivity index (χ0) is 7.15. The zero-order valence-corrected chi connectivity index (χ0v) is 10.3. The van der Waals surface area contributed by atoms with E-state index in [0.29, 0.717) is 0 Å². The molecule has 0 saturated carbocycles. The van der Waals surface area contributed by atoms with Crippen molar-refractivity contribution in [3.63, 3.8) is 0 Å². The number of hydrogen-bond donors (Lipinski definition) is 2. The fraction of sp³-hybridized carbons (Fsp3) is 0. The van der Waals surface area contributed by atoms with E-state index in [1.807, 2.05) is 0 Å². The zero-order valence-electron chi connectivity index (χ0n) is 5.39. The van der Waals surface area contributed by atoms with E-state index in [1.165, 1.54) is 0 Å². The summed E-state index contributed by atoms with van der Waals surface area (Å²) in [6, 6.07) is 0. The van der Waals surface area contributed by atoms with Crippen molar-refractivity contribution in [3.8, 4) is 0 Å². The van der Waals surface area contributed by atoms with Crippen LogP contribution in [0.25, 0.3) is 0 Å². The molecule has 0 atom stereocenters. The molecule has 0 aromatic carbocycles. The Morgan fingerprint density at radius 1 is 0.900 bits per heavy atom. The van der Waals surface area contributed by atoms with Crippen molar-refractivity contribution in [2.24, 2.45) is 0 Å². The fourth-order valence-electron chi connectivity index (χ4n) is 0. The molecule has 0 aromatic rings. The Labute approximate surface area is 74.7 Å². The second kappa shape index (κ2) is 16.6. The van der Waals surface area contributed by atoms with Crippen LogP contribution in [0.1, 0.15) is 0 Å². The van der Waals surface area contributed by atoms with E-state index < -0.39 is 45.6 Å². The molecule has 64 valence electrons. The predicted molar refractivity (Wildman–Crippen MR) is 15.6 cm³/mol. The van der Waals surface area contributed by atoms with Crippen molar-refractivity contribution in [1.29, 1.82) is 0 Å². The van der Waals surface area contributed by atoms with Gasteiger partial charge in [-0.1, -0.05) is 0 Å². The van der Waals surface area contributed by atoms with Gasteiger partial charge in [0, 0.05) is 0 Å². The molecule has 0 saturated heterocycles. The summed E-state index contributed by atoms with van der Waals surface area (Å²) >= 11 is -9.09. The first-order valence-electron chi connectivity index (χ1n) is 1.19. The average Bonchev–Trinajstić information content (AvgIpc) is 1.25. The first-order chi connectivity index (χ1) is 3.46. The molecule has 8 N–H and O–H groups in total. The van der Waals surface area contributed by atoms with Crippen molar-refractivity contribution in [1.82, 2.24) is 12.3 Å². The third kappa shape index (κ3) is 519. The second-order valence-electron chi connectivity index (χ2n) is 0.475. The van der Waals surface area contributed by atoms with Gasteiger partial charge in [0.1, 0.15) is 0 Å². The third-order valence-corrected chi connectivity index (χ3v) is 0. The van der Waals surface area contributed by atoms with Crippen LogP contribution in [-0.2, 0) is 51.2 Å². The van der Waals surface area contributed by atoms with E-state index in [9.17, 15) is 5.25 Å². The van der Waals surface area contributed by atoms with Gasteiger partial charge in [0.2, 0.25) is 0 Å². The Kier molecular flexibility index (Phi) is 37.2. The molecule has 0 bridgehead atoms. The molecule has 0 rings (SSSR count). The van der Waals surface area contributed by atoms with Crippen LogP contribution in [0.15, 0.2) is 0 Å². The van der Waals surface area contributed by atoms with Crippen molar-refractivity contribution >= 4 is 0 Å². The van der Waals surface area contributed by atoms with E-state index in [2.05, 4.69) is 0 Å². The maximum absolute atomic E-state index is 10.1. The number of rotatable bonds is 0. The molecule has 0 amide bonds. The molecule has 0 radical (unpaired) electrons. The van der Waals surface area contributed by atoms with Gasteiger partial charge in [-0.15, -0.1) is 0 Å². The van der Waals surface area contributed by atoms with E-state index in [0.717, 1.165) is 0 Å². The SMILES string of the molecule is [NH4+].[NH4+].[O]=[Zr]([O-])[F].[O]=[Zr]([O-])[F]. The Morgan fingerprint density at radius 3 is 0.900 bits per heavy atom. The normalized spacial score (nSPS) is 5.20. The van der Waals surface area contributed by atoms with Gasteiger partial charge in [0.05, 0.1) is 0 Å². The molecule has 10 heavy (non-hydrogen) atoms. The van der Waals surface area contributed by atoms with Gasteiger partial charge in [0.25, 0.3) is 0 Å². The monoisotopic (exact) mass is 318 g/mol. The van der Waals surface area contributed by atoms with Gasteiger partial charge in [-0.2, -0.15) is 0 Å². The maximum atomic E-state index is 10.1.